The molecule has 0 aliphatic carbocycles. The van der Waals surface area contributed by atoms with Crippen LogP contribution in [-0.2, 0) is 15.5 Å². The van der Waals surface area contributed by atoms with E-state index in [0.29, 0.717) is 10.6 Å². The van der Waals surface area contributed by atoms with Crippen LogP contribution in [0.2, 0.25) is 0 Å². The van der Waals surface area contributed by atoms with Crippen LogP contribution in [0.3, 0.4) is 0 Å². The fourth-order valence-corrected chi connectivity index (χ4v) is 2.95. The average molecular weight is 218 g/mol. The number of carbonyl (C=O) groups excluding carboxylic acids is 1. The monoisotopic (exact) mass is 218 g/mol. The molecule has 1 aromatic heterocycles. The highest BCUT2D eigenvalue weighted by Crippen LogP contribution is 2.20. The van der Waals surface area contributed by atoms with Crippen molar-refractivity contribution >= 4 is 28.1 Å². The Kier molecular flexibility index (Phi) is 3.62. The number of ether oxygens (including phenoxy) is 1. The molecule has 72 valence electrons. The van der Waals surface area contributed by atoms with Crippen LogP contribution in [0.4, 0.5) is 0 Å². The summed E-state index contributed by atoms with van der Waals surface area (Å²) in [5.74, 6) is 0.200. The molecule has 1 aromatic rings. The maximum absolute atomic E-state index is 11.3. The molecule has 0 bridgehead atoms. The van der Waals surface area contributed by atoms with Crippen molar-refractivity contribution in [3.63, 3.8) is 0 Å². The van der Waals surface area contributed by atoms with Crippen molar-refractivity contribution in [1.29, 1.82) is 0 Å². The largest absolute Gasteiger partial charge is 0.465 e. The molecular weight excluding hydrogens is 208 g/mol. The zero-order valence-corrected chi connectivity index (χ0v) is 9.04. The van der Waals surface area contributed by atoms with Gasteiger partial charge in [-0.1, -0.05) is 6.92 Å². The molecular formula is C8H10O3S2. The van der Waals surface area contributed by atoms with E-state index in [1.807, 2.05) is 6.92 Å². The van der Waals surface area contributed by atoms with Crippen molar-refractivity contribution in [3.8, 4) is 0 Å². The summed E-state index contributed by atoms with van der Waals surface area (Å²) in [4.78, 5) is 11.5. The van der Waals surface area contributed by atoms with Gasteiger partial charge in [0.1, 0.15) is 4.88 Å². The van der Waals surface area contributed by atoms with Crippen LogP contribution >= 0.6 is 11.3 Å². The molecule has 13 heavy (non-hydrogen) atoms. The van der Waals surface area contributed by atoms with E-state index in [4.69, 9.17) is 0 Å². The first-order valence-corrected chi connectivity index (χ1v) is 5.89. The molecule has 0 aliphatic heterocycles. The maximum atomic E-state index is 11.3. The van der Waals surface area contributed by atoms with Gasteiger partial charge in [-0.2, -0.15) is 0 Å². The van der Waals surface area contributed by atoms with Crippen LogP contribution in [0, 0.1) is 0 Å². The van der Waals surface area contributed by atoms with Crippen molar-refractivity contribution in [2.45, 2.75) is 11.1 Å². The molecule has 1 rings (SSSR count). The number of hydrogen-bond acceptors (Lipinski definition) is 4. The van der Waals surface area contributed by atoms with Gasteiger partial charge in [-0.25, -0.2) is 4.79 Å². The Morgan fingerprint density at radius 3 is 2.85 bits per heavy atom. The number of carbonyl (C=O) groups is 1. The minimum atomic E-state index is -0.977. The smallest absolute Gasteiger partial charge is 0.348 e. The Morgan fingerprint density at radius 1 is 1.62 bits per heavy atom. The molecule has 0 spiro atoms. The molecule has 5 heteroatoms. The Bertz CT molecular complexity index is 299. The quantitative estimate of drug-likeness (QED) is 0.725. The van der Waals surface area contributed by atoms with Crippen LogP contribution in [0.15, 0.2) is 16.3 Å². The van der Waals surface area contributed by atoms with Gasteiger partial charge < -0.3 is 4.74 Å². The van der Waals surface area contributed by atoms with Crippen molar-refractivity contribution in [1.82, 2.24) is 0 Å². The highest BCUT2D eigenvalue weighted by Gasteiger charge is 2.11. The lowest BCUT2D eigenvalue weighted by Crippen LogP contribution is -1.96. The van der Waals surface area contributed by atoms with Crippen molar-refractivity contribution in [2.24, 2.45) is 0 Å². The molecule has 1 heterocycles. The van der Waals surface area contributed by atoms with Gasteiger partial charge in [-0.15, -0.1) is 11.3 Å². The minimum Gasteiger partial charge on any atom is -0.465 e. The van der Waals surface area contributed by atoms with Crippen LogP contribution in [-0.4, -0.2) is 23.0 Å². The number of thiophene rings is 1. The molecule has 0 aliphatic rings. The summed E-state index contributed by atoms with van der Waals surface area (Å²) in [5.41, 5.74) is 0. The highest BCUT2D eigenvalue weighted by atomic mass is 32.2. The molecule has 0 N–H and O–H groups in total. The lowest BCUT2D eigenvalue weighted by Gasteiger charge is -1.92. The Labute approximate surface area is 83.2 Å². The Hall–Kier alpha value is -0.680. The number of esters is 1. The summed E-state index contributed by atoms with van der Waals surface area (Å²) in [6, 6.07) is 3.34. The first-order valence-electron chi connectivity index (χ1n) is 3.75. The van der Waals surface area contributed by atoms with Gasteiger partial charge in [-0.05, 0) is 12.1 Å². The Balaban J connectivity index is 2.86. The van der Waals surface area contributed by atoms with E-state index in [1.165, 1.54) is 18.4 Å². The van der Waals surface area contributed by atoms with Crippen LogP contribution in [0.5, 0.6) is 0 Å². The van der Waals surface area contributed by atoms with Crippen molar-refractivity contribution in [3.05, 3.63) is 17.0 Å². The predicted octanol–water partition coefficient (Wildman–Crippen LogP) is 1.66. The molecule has 0 amide bonds. The van der Waals surface area contributed by atoms with E-state index in [9.17, 15) is 9.00 Å². The predicted molar refractivity (Wildman–Crippen MR) is 52.6 cm³/mol. The van der Waals surface area contributed by atoms with E-state index in [0.717, 1.165) is 4.21 Å². The van der Waals surface area contributed by atoms with Gasteiger partial charge >= 0.3 is 5.97 Å². The molecule has 0 fully saturated rings. The average Bonchev–Trinajstić information content (AvgIpc) is 2.64. The first-order chi connectivity index (χ1) is 6.19. The maximum Gasteiger partial charge on any atom is 0.348 e. The minimum absolute atomic E-state index is 0.371. The van der Waals surface area contributed by atoms with E-state index in [1.54, 1.807) is 12.1 Å². The second-order valence-electron chi connectivity index (χ2n) is 2.24. The summed E-state index contributed by atoms with van der Waals surface area (Å²) in [6.45, 7) is 1.84. The summed E-state index contributed by atoms with van der Waals surface area (Å²) >= 11 is 1.22. The zero-order valence-electron chi connectivity index (χ0n) is 7.40. The first kappa shape index (κ1) is 10.4. The van der Waals surface area contributed by atoms with Crippen LogP contribution in [0.1, 0.15) is 16.6 Å². The molecule has 0 aromatic carbocycles. The highest BCUT2D eigenvalue weighted by molar-refractivity contribution is 7.87. The summed E-state index contributed by atoms with van der Waals surface area (Å²) in [7, 11) is 0.355. The van der Waals surface area contributed by atoms with Crippen molar-refractivity contribution in [2.75, 3.05) is 12.9 Å². The zero-order chi connectivity index (χ0) is 9.84. The number of methoxy groups -OCH3 is 1. The van der Waals surface area contributed by atoms with Gasteiger partial charge in [0, 0.05) is 5.75 Å². The third-order valence-corrected chi connectivity index (χ3v) is 4.23. The van der Waals surface area contributed by atoms with Crippen LogP contribution < -0.4 is 0 Å². The fourth-order valence-electron chi connectivity index (χ4n) is 0.795. The SMILES string of the molecule is CCS(=O)c1ccc(C(=O)OC)s1. The Morgan fingerprint density at radius 2 is 2.31 bits per heavy atom. The molecule has 0 saturated heterocycles. The molecule has 0 saturated carbocycles. The fraction of sp³-hybridized carbons (Fsp3) is 0.375. The van der Waals surface area contributed by atoms with E-state index < -0.39 is 10.8 Å². The van der Waals surface area contributed by atoms with Gasteiger partial charge in [0.05, 0.1) is 22.1 Å². The van der Waals surface area contributed by atoms with Gasteiger partial charge in [0.25, 0.3) is 0 Å². The summed E-state index contributed by atoms with van der Waals surface area (Å²) in [6.07, 6.45) is 0. The molecule has 1 atom stereocenters. The van der Waals surface area contributed by atoms with E-state index in [2.05, 4.69) is 4.74 Å². The number of hydrogen-bond donors (Lipinski definition) is 0. The van der Waals surface area contributed by atoms with Crippen LogP contribution in [0.25, 0.3) is 0 Å². The van der Waals surface area contributed by atoms with E-state index in [-0.39, 0.29) is 5.97 Å². The van der Waals surface area contributed by atoms with Crippen molar-refractivity contribution < 1.29 is 13.7 Å². The third kappa shape index (κ3) is 2.38. The molecule has 3 nitrogen and oxygen atoms in total. The second kappa shape index (κ2) is 4.53. The van der Waals surface area contributed by atoms with Gasteiger partial charge in [-0.3, -0.25) is 4.21 Å². The van der Waals surface area contributed by atoms with Gasteiger partial charge in [0.2, 0.25) is 0 Å². The number of rotatable bonds is 3. The molecule has 1 unspecified atom stereocenters. The lowest BCUT2D eigenvalue weighted by atomic mass is 10.5. The molecule has 0 radical (unpaired) electrons. The topological polar surface area (TPSA) is 43.4 Å². The summed E-state index contributed by atoms with van der Waals surface area (Å²) < 4.78 is 16.6. The lowest BCUT2D eigenvalue weighted by molar-refractivity contribution is 0.0606. The standard InChI is InChI=1S/C8H10O3S2/c1-3-13(10)7-5-4-6(12-7)8(9)11-2/h4-5H,3H2,1-2H3. The van der Waals surface area contributed by atoms with E-state index >= 15 is 0 Å². The second-order valence-corrected chi connectivity index (χ2v) is 5.29. The summed E-state index contributed by atoms with van der Waals surface area (Å²) in [5, 5.41) is 0. The van der Waals surface area contributed by atoms with Gasteiger partial charge in [0.15, 0.2) is 0 Å². The normalized spacial score (nSPS) is 12.5. The third-order valence-electron chi connectivity index (χ3n) is 1.45.